The summed E-state index contributed by atoms with van der Waals surface area (Å²) in [5.41, 5.74) is 0. The summed E-state index contributed by atoms with van der Waals surface area (Å²) in [5, 5.41) is 9.15. The van der Waals surface area contributed by atoms with Crippen molar-refractivity contribution in [3.8, 4) is 0 Å². The Kier molecular flexibility index (Phi) is 22.8. The lowest BCUT2D eigenvalue weighted by Crippen LogP contribution is -2.69. The van der Waals surface area contributed by atoms with Gasteiger partial charge in [-0.2, -0.15) is 0 Å². The summed E-state index contributed by atoms with van der Waals surface area (Å²) < 4.78 is 91.6. The molecule has 394 valence electrons. The van der Waals surface area contributed by atoms with Gasteiger partial charge in [0.2, 0.25) is 0 Å². The Labute approximate surface area is 399 Å². The molecule has 28 nitrogen and oxygen atoms in total. The van der Waals surface area contributed by atoms with Crippen LogP contribution in [0.4, 0.5) is 0 Å². The van der Waals surface area contributed by atoms with E-state index >= 15 is 0 Å². The Bertz CT molecular complexity index is 1900. The van der Waals surface area contributed by atoms with Gasteiger partial charge in [0.25, 0.3) is 0 Å². The molecule has 3 fully saturated rings. The van der Waals surface area contributed by atoms with Crippen LogP contribution in [0.15, 0.2) is 0 Å². The predicted octanol–water partition coefficient (Wildman–Crippen LogP) is -0.976. The first-order chi connectivity index (χ1) is 32.8. The first-order valence-electron chi connectivity index (χ1n) is 21.5. The van der Waals surface area contributed by atoms with Gasteiger partial charge in [-0.05, 0) is 6.42 Å². The Morgan fingerprint density at radius 3 is 0.943 bits per heavy atom. The number of hydrogen-bond donors (Lipinski definition) is 1. The second-order valence-corrected chi connectivity index (χ2v) is 15.6. The average Bonchev–Trinajstić information content (AvgIpc) is 3.22. The second-order valence-electron chi connectivity index (χ2n) is 15.6. The molecule has 3 aliphatic heterocycles. The van der Waals surface area contributed by atoms with E-state index in [0.717, 1.165) is 69.2 Å². The normalized spacial score (nSPS) is 30.5. The molecule has 3 saturated heterocycles. The van der Waals surface area contributed by atoms with Gasteiger partial charge in [-0.25, -0.2) is 0 Å². The molecule has 15 atom stereocenters. The number of esters is 10. The second kappa shape index (κ2) is 27.4. The fourth-order valence-electron chi connectivity index (χ4n) is 7.31. The van der Waals surface area contributed by atoms with Gasteiger partial charge in [-0.1, -0.05) is 0 Å². The third-order valence-electron chi connectivity index (χ3n) is 9.64. The molecule has 0 aromatic rings. The monoisotopic (exact) mass is 1010 g/mol. The molecule has 1 N–H and O–H groups in total. The molecule has 0 radical (unpaired) electrons. The van der Waals surface area contributed by atoms with Gasteiger partial charge in [-0.15, -0.1) is 0 Å². The lowest BCUT2D eigenvalue weighted by molar-refractivity contribution is -0.380. The van der Waals surface area contributed by atoms with E-state index in [1.54, 1.807) is 0 Å². The number of carboxylic acid groups (broad SMARTS) is 1. The zero-order valence-electron chi connectivity index (χ0n) is 39.9. The van der Waals surface area contributed by atoms with Crippen molar-refractivity contribution in [2.24, 2.45) is 0 Å². The molecule has 0 bridgehead atoms. The number of ether oxygens (including phenoxy) is 16. The molecule has 0 amide bonds. The van der Waals surface area contributed by atoms with Crippen LogP contribution in [0.2, 0.25) is 0 Å². The highest BCUT2D eigenvalue weighted by atomic mass is 16.8. The lowest BCUT2D eigenvalue weighted by atomic mass is 9.95. The van der Waals surface area contributed by atoms with Crippen molar-refractivity contribution in [3.63, 3.8) is 0 Å². The maximum absolute atomic E-state index is 13.0. The molecule has 28 heteroatoms. The van der Waals surface area contributed by atoms with Crippen LogP contribution < -0.4 is 0 Å². The topological polar surface area (TPSA) is 356 Å². The van der Waals surface area contributed by atoms with Crippen molar-refractivity contribution in [1.29, 1.82) is 0 Å². The zero-order valence-corrected chi connectivity index (χ0v) is 39.9. The van der Waals surface area contributed by atoms with E-state index in [1.807, 2.05) is 0 Å². The van der Waals surface area contributed by atoms with E-state index in [2.05, 4.69) is 0 Å². The molecule has 0 saturated carbocycles. The van der Waals surface area contributed by atoms with Crippen LogP contribution in [0, 0.1) is 0 Å². The Hall–Kier alpha value is -6.07. The zero-order chi connectivity index (χ0) is 52.6. The average molecular weight is 1010 g/mol. The first kappa shape index (κ1) is 58.2. The predicted molar refractivity (Wildman–Crippen MR) is 217 cm³/mol. The number of rotatable bonds is 22. The minimum absolute atomic E-state index is 0.0726. The van der Waals surface area contributed by atoms with E-state index in [0.29, 0.717) is 0 Å². The highest BCUT2D eigenvalue weighted by Gasteiger charge is 2.60. The summed E-state index contributed by atoms with van der Waals surface area (Å²) in [6, 6.07) is 0. The van der Waals surface area contributed by atoms with E-state index in [1.165, 1.54) is 0 Å². The van der Waals surface area contributed by atoms with Gasteiger partial charge in [-0.3, -0.25) is 52.7 Å². The van der Waals surface area contributed by atoms with E-state index in [4.69, 9.17) is 80.9 Å². The summed E-state index contributed by atoms with van der Waals surface area (Å²) in [7, 11) is 0. The maximum Gasteiger partial charge on any atom is 0.303 e. The summed E-state index contributed by atoms with van der Waals surface area (Å²) >= 11 is 0. The molecule has 70 heavy (non-hydrogen) atoms. The summed E-state index contributed by atoms with van der Waals surface area (Å²) in [6.45, 7) is 7.31. The van der Waals surface area contributed by atoms with E-state index in [-0.39, 0.29) is 19.4 Å². The maximum atomic E-state index is 13.0. The quantitative estimate of drug-likeness (QED) is 0.0774. The van der Waals surface area contributed by atoms with Gasteiger partial charge < -0.3 is 80.9 Å². The van der Waals surface area contributed by atoms with Crippen LogP contribution in [0.25, 0.3) is 0 Å². The van der Waals surface area contributed by atoms with E-state index < -0.39 is 178 Å². The molecular formula is C42H58O28. The van der Waals surface area contributed by atoms with Gasteiger partial charge in [0.1, 0.15) is 50.3 Å². The van der Waals surface area contributed by atoms with Crippen molar-refractivity contribution >= 4 is 65.7 Å². The number of carbonyl (C=O) groups excluding carboxylic acids is 10. The van der Waals surface area contributed by atoms with Gasteiger partial charge >= 0.3 is 65.7 Å². The third-order valence-corrected chi connectivity index (χ3v) is 9.64. The van der Waals surface area contributed by atoms with Crippen molar-refractivity contribution in [2.45, 2.75) is 174 Å². The molecule has 0 aromatic carbocycles. The highest BCUT2D eigenvalue weighted by Crippen LogP contribution is 2.38. The van der Waals surface area contributed by atoms with Crippen molar-refractivity contribution in [1.82, 2.24) is 0 Å². The van der Waals surface area contributed by atoms with Gasteiger partial charge in [0, 0.05) is 75.7 Å². The van der Waals surface area contributed by atoms with Crippen molar-refractivity contribution in [3.05, 3.63) is 0 Å². The molecular weight excluding hydrogens is 952 g/mol. The van der Waals surface area contributed by atoms with Crippen LogP contribution in [0.5, 0.6) is 0 Å². The smallest absolute Gasteiger partial charge is 0.303 e. The van der Waals surface area contributed by atoms with Crippen LogP contribution in [-0.2, 0) is 129 Å². The SMILES string of the molecule is CC(=O)OCC1O[C@@H](OCCCC(=O)O)C(OC(C)=O)[C@@H](OC(C)=O)[C@@H]1O[C@@H]1OC(COC(C)=O)[C@H](O[C@H]2OC(COC(C)=O)[C@H](OC(C)=O)[C@H](OC(C)=O)C2OC(C)=O)[C@H](OC(C)=O)C1OC(C)=O. The third kappa shape index (κ3) is 18.4. The van der Waals surface area contributed by atoms with Crippen molar-refractivity contribution in [2.75, 3.05) is 26.4 Å². The summed E-state index contributed by atoms with van der Waals surface area (Å²) in [4.78, 5) is 137. The first-order valence-corrected chi connectivity index (χ1v) is 21.5. The molecule has 0 spiro atoms. The number of aliphatic carboxylic acids is 1. The minimum Gasteiger partial charge on any atom is -0.481 e. The minimum atomic E-state index is -2.05. The molecule has 3 heterocycles. The molecule has 3 aliphatic rings. The molecule has 6 unspecified atom stereocenters. The fourth-order valence-corrected chi connectivity index (χ4v) is 7.31. The fraction of sp³-hybridized carbons (Fsp3) is 0.738. The lowest BCUT2D eigenvalue weighted by Gasteiger charge is -2.50. The van der Waals surface area contributed by atoms with E-state index in [9.17, 15) is 52.7 Å². The number of carboxylic acids is 1. The number of carbonyl (C=O) groups is 11. The Balaban J connectivity index is 2.29. The van der Waals surface area contributed by atoms with Crippen LogP contribution in [-0.4, -0.2) is 189 Å². The molecule has 0 aromatic heterocycles. The van der Waals surface area contributed by atoms with Crippen LogP contribution in [0.3, 0.4) is 0 Å². The Morgan fingerprint density at radius 1 is 0.357 bits per heavy atom. The van der Waals surface area contributed by atoms with Crippen molar-refractivity contribution < 1.29 is 134 Å². The van der Waals surface area contributed by atoms with Gasteiger partial charge in [0.05, 0.1) is 6.61 Å². The summed E-state index contributed by atoms with van der Waals surface area (Å²) in [6.07, 6.45) is -27.4. The summed E-state index contributed by atoms with van der Waals surface area (Å²) in [5.74, 6) is -10.9. The standard InChI is InChI=1S/C42H58O28/c1-17(43)56-14-27-31(59-20(4)46)34(60-21(5)47)38(64-25(9)51)41(67-27)70-33-29(16-58-19(3)45)68-42(39(65-26(10)52)36(33)62-23(7)49)69-32-28(15-57-18(2)44)66-40(55-13-11-12-30(53)54)37(63-24(8)50)35(32)61-22(6)48/h27-29,31-42H,11-16H2,1-10H3,(H,53,54)/t27?,28?,29?,31-,32+,33-,34-,35-,36-,37?,38?,39?,40+,41+,42-/m0/s1. The Morgan fingerprint density at radius 2 is 0.629 bits per heavy atom. The number of hydrogen-bond acceptors (Lipinski definition) is 27. The van der Waals surface area contributed by atoms with Crippen LogP contribution in [0.1, 0.15) is 82.1 Å². The largest absolute Gasteiger partial charge is 0.481 e. The molecule has 0 aliphatic carbocycles. The van der Waals surface area contributed by atoms with Gasteiger partial charge in [0.15, 0.2) is 61.6 Å². The molecule has 3 rings (SSSR count). The highest BCUT2D eigenvalue weighted by molar-refractivity contribution is 5.70. The van der Waals surface area contributed by atoms with Crippen LogP contribution >= 0.6 is 0 Å².